The van der Waals surface area contributed by atoms with E-state index in [0.717, 1.165) is 0 Å². The van der Waals surface area contributed by atoms with Gasteiger partial charge in [-0.25, -0.2) is 14.8 Å². The number of aromatic nitrogens is 4. The van der Waals surface area contributed by atoms with E-state index in [-0.39, 0.29) is 10.7 Å². The molecule has 7 heteroatoms. The second kappa shape index (κ2) is 3.90. The van der Waals surface area contributed by atoms with E-state index in [1.165, 1.54) is 23.4 Å². The van der Waals surface area contributed by atoms with E-state index in [1.54, 1.807) is 7.05 Å². The Morgan fingerprint density at radius 1 is 1.50 bits per heavy atom. The fraction of sp³-hybridized carbons (Fsp3) is 0.111. The van der Waals surface area contributed by atoms with Crippen molar-refractivity contribution in [3.8, 4) is 11.3 Å². The van der Waals surface area contributed by atoms with Crippen LogP contribution in [0.25, 0.3) is 11.3 Å². The highest BCUT2D eigenvalue weighted by molar-refractivity contribution is 6.33. The lowest BCUT2D eigenvalue weighted by molar-refractivity contribution is 0.0686. The zero-order chi connectivity index (χ0) is 11.7. The smallest absolute Gasteiger partial charge is 0.354 e. The lowest BCUT2D eigenvalue weighted by atomic mass is 10.2. The molecule has 82 valence electrons. The number of hydrogen-bond donors (Lipinski definition) is 1. The number of carbonyl (C=O) groups is 1. The Bertz CT molecular complexity index is 552. The van der Waals surface area contributed by atoms with Crippen LogP contribution in [0.4, 0.5) is 0 Å². The molecular formula is C9H7ClN4O2. The molecule has 0 unspecified atom stereocenters. The van der Waals surface area contributed by atoms with Crippen molar-refractivity contribution in [3.05, 3.63) is 29.4 Å². The standard InChI is InChI=1S/C9H7ClN4O2/c1-14-8(9(15)16)5(2-13-14)7-6(10)3-11-4-12-7/h2-4H,1H3,(H,15,16). The molecule has 0 saturated heterocycles. The Hall–Kier alpha value is -1.95. The molecule has 2 aromatic rings. The van der Waals surface area contributed by atoms with Crippen LogP contribution in [0.3, 0.4) is 0 Å². The Kier molecular flexibility index (Phi) is 2.57. The van der Waals surface area contributed by atoms with Gasteiger partial charge in [-0.3, -0.25) is 4.68 Å². The molecule has 6 nitrogen and oxygen atoms in total. The zero-order valence-electron chi connectivity index (χ0n) is 8.25. The number of halogens is 1. The second-order valence-corrected chi connectivity index (χ2v) is 3.46. The molecule has 0 bridgehead atoms. The monoisotopic (exact) mass is 238 g/mol. The Morgan fingerprint density at radius 3 is 2.88 bits per heavy atom. The van der Waals surface area contributed by atoms with Gasteiger partial charge in [0.2, 0.25) is 0 Å². The summed E-state index contributed by atoms with van der Waals surface area (Å²) < 4.78 is 1.26. The predicted octanol–water partition coefficient (Wildman–Crippen LogP) is 1.23. The van der Waals surface area contributed by atoms with Crippen molar-refractivity contribution in [2.24, 2.45) is 7.05 Å². The molecule has 0 fully saturated rings. The summed E-state index contributed by atoms with van der Waals surface area (Å²) in [5, 5.41) is 13.2. The summed E-state index contributed by atoms with van der Waals surface area (Å²) in [6.45, 7) is 0. The fourth-order valence-electron chi connectivity index (χ4n) is 1.38. The number of hydrogen-bond acceptors (Lipinski definition) is 4. The molecule has 2 aromatic heterocycles. The van der Waals surface area contributed by atoms with Gasteiger partial charge >= 0.3 is 5.97 Å². The number of carboxylic acid groups (broad SMARTS) is 1. The van der Waals surface area contributed by atoms with Gasteiger partial charge in [0.15, 0.2) is 5.69 Å². The van der Waals surface area contributed by atoms with Crippen LogP contribution in [0.15, 0.2) is 18.7 Å². The first-order valence-corrected chi connectivity index (χ1v) is 4.70. The topological polar surface area (TPSA) is 80.9 Å². The quantitative estimate of drug-likeness (QED) is 0.851. The summed E-state index contributed by atoms with van der Waals surface area (Å²) in [6, 6.07) is 0. The highest BCUT2D eigenvalue weighted by Gasteiger charge is 2.19. The largest absolute Gasteiger partial charge is 0.477 e. The first-order chi connectivity index (χ1) is 7.61. The van der Waals surface area contributed by atoms with E-state index in [2.05, 4.69) is 15.1 Å². The molecule has 0 saturated carbocycles. The van der Waals surface area contributed by atoms with Crippen molar-refractivity contribution < 1.29 is 9.90 Å². The summed E-state index contributed by atoms with van der Waals surface area (Å²) in [7, 11) is 1.54. The van der Waals surface area contributed by atoms with Crippen LogP contribution in [0, 0.1) is 0 Å². The van der Waals surface area contributed by atoms with Crippen LogP contribution in [-0.4, -0.2) is 30.8 Å². The Morgan fingerprint density at radius 2 is 2.25 bits per heavy atom. The van der Waals surface area contributed by atoms with Crippen LogP contribution in [0.1, 0.15) is 10.5 Å². The van der Waals surface area contributed by atoms with E-state index >= 15 is 0 Å². The van der Waals surface area contributed by atoms with E-state index in [1.807, 2.05) is 0 Å². The number of aromatic carboxylic acids is 1. The van der Waals surface area contributed by atoms with E-state index in [9.17, 15) is 4.79 Å². The lowest BCUT2D eigenvalue weighted by Crippen LogP contribution is -2.07. The molecule has 0 spiro atoms. The third-order valence-electron chi connectivity index (χ3n) is 2.06. The molecule has 0 atom stereocenters. The summed E-state index contributed by atoms with van der Waals surface area (Å²) in [6.07, 6.45) is 4.13. The third-order valence-corrected chi connectivity index (χ3v) is 2.34. The van der Waals surface area contributed by atoms with Crippen LogP contribution in [0.5, 0.6) is 0 Å². The molecule has 0 aliphatic rings. The van der Waals surface area contributed by atoms with Gasteiger partial charge in [-0.1, -0.05) is 11.6 Å². The van der Waals surface area contributed by atoms with Gasteiger partial charge in [0.25, 0.3) is 0 Å². The molecule has 0 amide bonds. The van der Waals surface area contributed by atoms with E-state index in [0.29, 0.717) is 11.3 Å². The van der Waals surface area contributed by atoms with Crippen molar-refractivity contribution in [1.82, 2.24) is 19.7 Å². The lowest BCUT2D eigenvalue weighted by Gasteiger charge is -2.01. The maximum atomic E-state index is 11.0. The van der Waals surface area contributed by atoms with Crippen molar-refractivity contribution >= 4 is 17.6 Å². The minimum Gasteiger partial charge on any atom is -0.477 e. The van der Waals surface area contributed by atoms with Gasteiger partial charge in [-0.2, -0.15) is 5.10 Å². The summed E-state index contributed by atoms with van der Waals surface area (Å²) >= 11 is 5.89. The Balaban J connectivity index is 2.66. The molecule has 0 aromatic carbocycles. The molecule has 0 aliphatic heterocycles. The van der Waals surface area contributed by atoms with Crippen molar-refractivity contribution in [1.29, 1.82) is 0 Å². The van der Waals surface area contributed by atoms with Crippen molar-refractivity contribution in [2.75, 3.05) is 0 Å². The molecule has 2 heterocycles. The van der Waals surface area contributed by atoms with Crippen LogP contribution >= 0.6 is 11.6 Å². The van der Waals surface area contributed by atoms with E-state index < -0.39 is 5.97 Å². The SMILES string of the molecule is Cn1ncc(-c2ncncc2Cl)c1C(=O)O. The number of nitrogens with zero attached hydrogens (tertiary/aromatic N) is 4. The van der Waals surface area contributed by atoms with Crippen LogP contribution < -0.4 is 0 Å². The van der Waals surface area contributed by atoms with Gasteiger partial charge < -0.3 is 5.11 Å². The van der Waals surface area contributed by atoms with Gasteiger partial charge in [-0.05, 0) is 0 Å². The zero-order valence-corrected chi connectivity index (χ0v) is 9.01. The molecule has 16 heavy (non-hydrogen) atoms. The Labute approximate surface area is 95.5 Å². The minimum absolute atomic E-state index is 0.0422. The van der Waals surface area contributed by atoms with Gasteiger partial charge in [0.1, 0.15) is 6.33 Å². The first-order valence-electron chi connectivity index (χ1n) is 4.32. The number of carboxylic acids is 1. The average Bonchev–Trinajstić information content (AvgIpc) is 2.61. The first kappa shape index (κ1) is 10.6. The minimum atomic E-state index is -1.08. The van der Waals surface area contributed by atoms with Gasteiger partial charge in [-0.15, -0.1) is 0 Å². The highest BCUT2D eigenvalue weighted by atomic mass is 35.5. The van der Waals surface area contributed by atoms with Gasteiger partial charge in [0.05, 0.1) is 22.5 Å². The van der Waals surface area contributed by atoms with E-state index in [4.69, 9.17) is 16.7 Å². The molecule has 1 N–H and O–H groups in total. The maximum Gasteiger partial charge on any atom is 0.354 e. The molecular weight excluding hydrogens is 232 g/mol. The number of aryl methyl sites for hydroxylation is 1. The maximum absolute atomic E-state index is 11.0. The predicted molar refractivity (Wildman–Crippen MR) is 56.2 cm³/mol. The second-order valence-electron chi connectivity index (χ2n) is 3.05. The summed E-state index contributed by atoms with van der Waals surface area (Å²) in [5.41, 5.74) is 0.783. The normalized spacial score (nSPS) is 10.4. The van der Waals surface area contributed by atoms with Crippen LogP contribution in [-0.2, 0) is 7.05 Å². The third kappa shape index (κ3) is 1.63. The highest BCUT2D eigenvalue weighted by Crippen LogP contribution is 2.27. The fourth-order valence-corrected chi connectivity index (χ4v) is 1.58. The molecule has 0 aliphatic carbocycles. The summed E-state index contributed by atoms with van der Waals surface area (Å²) in [5.74, 6) is -1.08. The molecule has 2 rings (SSSR count). The number of rotatable bonds is 2. The van der Waals surface area contributed by atoms with Gasteiger partial charge in [0, 0.05) is 13.2 Å². The van der Waals surface area contributed by atoms with Crippen molar-refractivity contribution in [2.45, 2.75) is 0 Å². The average molecular weight is 239 g/mol. The molecule has 0 radical (unpaired) electrons. The van der Waals surface area contributed by atoms with Crippen LogP contribution in [0.2, 0.25) is 5.02 Å². The van der Waals surface area contributed by atoms with Crippen molar-refractivity contribution in [3.63, 3.8) is 0 Å². The summed E-state index contributed by atoms with van der Waals surface area (Å²) in [4.78, 5) is 18.7.